The summed E-state index contributed by atoms with van der Waals surface area (Å²) in [7, 11) is 0. The van der Waals surface area contributed by atoms with E-state index in [2.05, 4.69) is 4.98 Å². The van der Waals surface area contributed by atoms with Gasteiger partial charge in [-0.25, -0.2) is 0 Å². The van der Waals surface area contributed by atoms with E-state index in [-0.39, 0.29) is 12.9 Å². The van der Waals surface area contributed by atoms with Crippen LogP contribution in [0.3, 0.4) is 0 Å². The molecule has 0 aliphatic carbocycles. The fraction of sp³-hybridized carbons (Fsp3) is 0.353. The van der Waals surface area contributed by atoms with E-state index in [1.165, 1.54) is 0 Å². The predicted octanol–water partition coefficient (Wildman–Crippen LogP) is 3.15. The van der Waals surface area contributed by atoms with Crippen molar-refractivity contribution in [3.8, 4) is 17.0 Å². The summed E-state index contributed by atoms with van der Waals surface area (Å²) >= 11 is 0. The molecule has 1 atom stereocenters. The summed E-state index contributed by atoms with van der Waals surface area (Å²) in [6.45, 7) is 0.731. The summed E-state index contributed by atoms with van der Waals surface area (Å²) < 4.78 is 11.4. The lowest BCUT2D eigenvalue weighted by Crippen LogP contribution is -2.24. The van der Waals surface area contributed by atoms with E-state index in [1.807, 2.05) is 36.4 Å². The molecule has 2 aromatic rings. The molecule has 110 valence electrons. The number of hydrogen-bond acceptors (Lipinski definition) is 4. The van der Waals surface area contributed by atoms with Crippen molar-refractivity contribution in [2.45, 2.75) is 32.2 Å². The van der Waals surface area contributed by atoms with E-state index >= 15 is 0 Å². The van der Waals surface area contributed by atoms with Crippen LogP contribution in [-0.4, -0.2) is 23.0 Å². The lowest BCUT2D eigenvalue weighted by molar-refractivity contribution is -0.105. The average molecular weight is 285 g/mol. The minimum absolute atomic E-state index is 0.0476. The molecule has 1 aliphatic rings. The summed E-state index contributed by atoms with van der Waals surface area (Å²) in [6, 6.07) is 13.4. The van der Waals surface area contributed by atoms with E-state index in [1.54, 1.807) is 6.07 Å². The highest BCUT2D eigenvalue weighted by atomic mass is 16.7. The van der Waals surface area contributed by atoms with Crippen LogP contribution in [0.25, 0.3) is 11.3 Å². The van der Waals surface area contributed by atoms with Crippen LogP contribution < -0.4 is 4.74 Å². The number of rotatable bonds is 4. The molecule has 1 aromatic carbocycles. The summed E-state index contributed by atoms with van der Waals surface area (Å²) in [5.74, 6) is 0.809. The Morgan fingerprint density at radius 2 is 2.00 bits per heavy atom. The largest absolute Gasteiger partial charge is 0.465 e. The molecule has 21 heavy (non-hydrogen) atoms. The van der Waals surface area contributed by atoms with Gasteiger partial charge in [0.2, 0.25) is 0 Å². The van der Waals surface area contributed by atoms with Crippen molar-refractivity contribution < 1.29 is 14.6 Å². The van der Waals surface area contributed by atoms with Crippen molar-refractivity contribution in [3.63, 3.8) is 0 Å². The van der Waals surface area contributed by atoms with Crippen molar-refractivity contribution in [1.29, 1.82) is 0 Å². The highest BCUT2D eigenvalue weighted by Crippen LogP contribution is 2.23. The molecule has 0 amide bonds. The van der Waals surface area contributed by atoms with Gasteiger partial charge in [-0.05, 0) is 49.2 Å². The minimum atomic E-state index is -0.125. The van der Waals surface area contributed by atoms with Gasteiger partial charge in [-0.15, -0.1) is 0 Å². The van der Waals surface area contributed by atoms with Gasteiger partial charge in [0.1, 0.15) is 5.75 Å². The molecule has 4 nitrogen and oxygen atoms in total. The monoisotopic (exact) mass is 285 g/mol. The van der Waals surface area contributed by atoms with E-state index in [0.29, 0.717) is 5.69 Å². The first kappa shape index (κ1) is 14.0. The number of aliphatic hydroxyl groups is 1. The minimum Gasteiger partial charge on any atom is -0.465 e. The number of aromatic nitrogens is 1. The lowest BCUT2D eigenvalue weighted by atomic mass is 10.1. The molecule has 2 heterocycles. The highest BCUT2D eigenvalue weighted by molar-refractivity contribution is 5.60. The molecule has 3 rings (SSSR count). The molecule has 1 unspecified atom stereocenters. The molecule has 1 saturated heterocycles. The number of aliphatic hydroxyl groups excluding tert-OH is 1. The van der Waals surface area contributed by atoms with Crippen molar-refractivity contribution in [2.75, 3.05) is 6.61 Å². The van der Waals surface area contributed by atoms with E-state index in [0.717, 1.165) is 42.9 Å². The summed E-state index contributed by atoms with van der Waals surface area (Å²) in [5.41, 5.74) is 2.52. The maximum atomic E-state index is 9.14. The molecule has 1 aliphatic heterocycles. The normalized spacial score (nSPS) is 18.4. The Balaban J connectivity index is 1.70. The molecule has 4 heteroatoms. The summed E-state index contributed by atoms with van der Waals surface area (Å²) in [6.07, 6.45) is 3.09. The topological polar surface area (TPSA) is 51.6 Å². The van der Waals surface area contributed by atoms with Crippen LogP contribution >= 0.6 is 0 Å². The molecule has 1 N–H and O–H groups in total. The first-order valence-electron chi connectivity index (χ1n) is 7.30. The molecular formula is C17H19NO3. The number of hydrogen-bond donors (Lipinski definition) is 1. The fourth-order valence-electron chi connectivity index (χ4n) is 2.39. The van der Waals surface area contributed by atoms with Crippen LogP contribution in [0.5, 0.6) is 5.75 Å². The Bertz CT molecular complexity index is 577. The van der Waals surface area contributed by atoms with Gasteiger partial charge in [-0.3, -0.25) is 4.98 Å². The molecule has 0 bridgehead atoms. The summed E-state index contributed by atoms with van der Waals surface area (Å²) in [5, 5.41) is 9.14. The van der Waals surface area contributed by atoms with E-state index in [9.17, 15) is 0 Å². The maximum Gasteiger partial charge on any atom is 0.199 e. The van der Waals surface area contributed by atoms with E-state index < -0.39 is 0 Å². The SMILES string of the molecule is OCc1cccc(-c2ccc(OC3CCCCO3)cc2)n1. The van der Waals surface area contributed by atoms with Crippen molar-refractivity contribution in [2.24, 2.45) is 0 Å². The van der Waals surface area contributed by atoms with Crippen LogP contribution in [0.2, 0.25) is 0 Å². The van der Waals surface area contributed by atoms with Gasteiger partial charge in [0.05, 0.1) is 24.6 Å². The zero-order valence-corrected chi connectivity index (χ0v) is 11.9. The van der Waals surface area contributed by atoms with Gasteiger partial charge in [-0.1, -0.05) is 6.07 Å². The second-order valence-corrected chi connectivity index (χ2v) is 5.11. The van der Waals surface area contributed by atoms with Crippen LogP contribution in [-0.2, 0) is 11.3 Å². The first-order valence-corrected chi connectivity index (χ1v) is 7.30. The molecule has 0 spiro atoms. The Kier molecular flexibility index (Phi) is 4.48. The maximum absolute atomic E-state index is 9.14. The van der Waals surface area contributed by atoms with Gasteiger partial charge in [0.25, 0.3) is 0 Å². The summed E-state index contributed by atoms with van der Waals surface area (Å²) in [4.78, 5) is 4.39. The zero-order chi connectivity index (χ0) is 14.5. The van der Waals surface area contributed by atoms with Gasteiger partial charge >= 0.3 is 0 Å². The van der Waals surface area contributed by atoms with Crippen molar-refractivity contribution >= 4 is 0 Å². The number of nitrogens with zero attached hydrogens (tertiary/aromatic N) is 1. The Hall–Kier alpha value is -1.91. The van der Waals surface area contributed by atoms with Crippen molar-refractivity contribution in [3.05, 3.63) is 48.2 Å². The third-order valence-corrected chi connectivity index (χ3v) is 3.52. The lowest BCUT2D eigenvalue weighted by Gasteiger charge is -2.23. The molecule has 1 fully saturated rings. The van der Waals surface area contributed by atoms with Gasteiger partial charge < -0.3 is 14.6 Å². The Labute approximate surface area is 124 Å². The standard InChI is InChI=1S/C17H19NO3/c19-12-14-4-3-5-16(18-14)13-7-9-15(10-8-13)21-17-6-1-2-11-20-17/h3-5,7-10,17,19H,1-2,6,11-12H2. The highest BCUT2D eigenvalue weighted by Gasteiger charge is 2.15. The van der Waals surface area contributed by atoms with Crippen LogP contribution in [0.1, 0.15) is 25.0 Å². The molecule has 1 aromatic heterocycles. The fourth-order valence-corrected chi connectivity index (χ4v) is 2.39. The molecule has 0 radical (unpaired) electrons. The Morgan fingerprint density at radius 3 is 2.71 bits per heavy atom. The Morgan fingerprint density at radius 1 is 1.14 bits per heavy atom. The van der Waals surface area contributed by atoms with Gasteiger partial charge in [-0.2, -0.15) is 0 Å². The van der Waals surface area contributed by atoms with Gasteiger partial charge in [0.15, 0.2) is 6.29 Å². The smallest absolute Gasteiger partial charge is 0.199 e. The quantitative estimate of drug-likeness (QED) is 0.937. The van der Waals surface area contributed by atoms with Crippen LogP contribution in [0, 0.1) is 0 Å². The van der Waals surface area contributed by atoms with Crippen molar-refractivity contribution in [1.82, 2.24) is 4.98 Å². The zero-order valence-electron chi connectivity index (χ0n) is 11.9. The number of pyridine rings is 1. The van der Waals surface area contributed by atoms with Crippen LogP contribution in [0.15, 0.2) is 42.5 Å². The third-order valence-electron chi connectivity index (χ3n) is 3.52. The molecule has 0 saturated carbocycles. The average Bonchev–Trinajstić information content (AvgIpc) is 2.56. The number of ether oxygens (including phenoxy) is 2. The second-order valence-electron chi connectivity index (χ2n) is 5.11. The third kappa shape index (κ3) is 3.60. The number of benzene rings is 1. The van der Waals surface area contributed by atoms with E-state index in [4.69, 9.17) is 14.6 Å². The second kappa shape index (κ2) is 6.70. The molecular weight excluding hydrogens is 266 g/mol. The van der Waals surface area contributed by atoms with Gasteiger partial charge in [0, 0.05) is 12.0 Å². The van der Waals surface area contributed by atoms with Crippen LogP contribution in [0.4, 0.5) is 0 Å². The first-order chi connectivity index (χ1) is 10.3. The predicted molar refractivity (Wildman–Crippen MR) is 79.8 cm³/mol.